The third kappa shape index (κ3) is 4.18. The molecule has 1 unspecified atom stereocenters. The van der Waals surface area contributed by atoms with Gasteiger partial charge in [-0.15, -0.1) is 0 Å². The second-order valence-electron chi connectivity index (χ2n) is 6.56. The van der Waals surface area contributed by atoms with Gasteiger partial charge in [-0.25, -0.2) is 0 Å². The van der Waals surface area contributed by atoms with Gasteiger partial charge in [-0.3, -0.25) is 9.48 Å². The van der Waals surface area contributed by atoms with Gasteiger partial charge < -0.3 is 9.88 Å². The fraction of sp³-hybridized carbons (Fsp3) is 0.300. The van der Waals surface area contributed by atoms with Crippen LogP contribution < -0.4 is 5.32 Å². The molecule has 0 radical (unpaired) electrons. The number of nitrogens with zero attached hydrogens (tertiary/aromatic N) is 3. The molecule has 0 fully saturated rings. The molecule has 1 atom stereocenters. The second kappa shape index (κ2) is 7.38. The number of rotatable bonds is 6. The van der Waals surface area contributed by atoms with Crippen LogP contribution in [0.1, 0.15) is 28.7 Å². The fourth-order valence-electron chi connectivity index (χ4n) is 2.88. The first-order chi connectivity index (χ1) is 12.0. The van der Waals surface area contributed by atoms with Gasteiger partial charge in [-0.2, -0.15) is 5.10 Å². The Kier molecular flexibility index (Phi) is 5.03. The third-order valence-electron chi connectivity index (χ3n) is 4.23. The Hall–Kier alpha value is -2.82. The van der Waals surface area contributed by atoms with Gasteiger partial charge >= 0.3 is 0 Å². The highest BCUT2D eigenvalue weighted by molar-refractivity contribution is 5.94. The number of aromatic nitrogens is 3. The Morgan fingerprint density at radius 1 is 1.16 bits per heavy atom. The van der Waals surface area contributed by atoms with E-state index in [0.717, 1.165) is 23.6 Å². The molecule has 5 nitrogen and oxygen atoms in total. The lowest BCUT2D eigenvalue weighted by molar-refractivity contribution is 0.0946. The van der Waals surface area contributed by atoms with Crippen molar-refractivity contribution >= 4 is 5.91 Å². The number of hydrogen-bond acceptors (Lipinski definition) is 2. The van der Waals surface area contributed by atoms with Crippen LogP contribution in [0.3, 0.4) is 0 Å². The Morgan fingerprint density at radius 3 is 2.44 bits per heavy atom. The van der Waals surface area contributed by atoms with Crippen LogP contribution in [0.15, 0.2) is 54.9 Å². The van der Waals surface area contributed by atoms with Crippen molar-refractivity contribution in [1.82, 2.24) is 19.7 Å². The summed E-state index contributed by atoms with van der Waals surface area (Å²) in [5.41, 5.74) is 3.89. The van der Waals surface area contributed by atoms with E-state index in [1.165, 1.54) is 0 Å². The molecule has 0 bridgehead atoms. The number of benzene rings is 1. The Labute approximate surface area is 148 Å². The van der Waals surface area contributed by atoms with E-state index in [2.05, 4.69) is 30.3 Å². The molecule has 0 aliphatic rings. The summed E-state index contributed by atoms with van der Waals surface area (Å²) < 4.78 is 4.01. The van der Waals surface area contributed by atoms with Crippen LogP contribution in [0, 0.1) is 19.8 Å². The van der Waals surface area contributed by atoms with Gasteiger partial charge in [-0.1, -0.05) is 6.92 Å². The number of hydrogen-bond donors (Lipinski definition) is 1. The largest absolute Gasteiger partial charge is 0.352 e. The molecular weight excluding hydrogens is 312 g/mol. The van der Waals surface area contributed by atoms with E-state index in [-0.39, 0.29) is 5.91 Å². The van der Waals surface area contributed by atoms with Gasteiger partial charge in [0.05, 0.1) is 5.69 Å². The Morgan fingerprint density at radius 2 is 1.84 bits per heavy atom. The minimum absolute atomic E-state index is 0.0423. The lowest BCUT2D eigenvalue weighted by Gasteiger charge is -2.14. The normalized spacial score (nSPS) is 12.1. The predicted octanol–water partition coefficient (Wildman–Crippen LogP) is 3.36. The van der Waals surface area contributed by atoms with Crippen LogP contribution >= 0.6 is 0 Å². The van der Waals surface area contributed by atoms with E-state index in [9.17, 15) is 4.79 Å². The molecule has 1 aromatic carbocycles. The Balaban J connectivity index is 1.54. The summed E-state index contributed by atoms with van der Waals surface area (Å²) in [7, 11) is 0. The average Bonchev–Trinajstić information content (AvgIpc) is 3.23. The number of amides is 1. The maximum Gasteiger partial charge on any atom is 0.251 e. The monoisotopic (exact) mass is 336 g/mol. The standard InChI is InChI=1S/C20H24N4O/c1-15(14-24-17(3)12-16(2)22-24)13-21-20(25)18-6-8-19(9-7-18)23-10-4-5-11-23/h4-12,15H,13-14H2,1-3H3,(H,21,25). The lowest BCUT2D eigenvalue weighted by atomic mass is 10.1. The quantitative estimate of drug-likeness (QED) is 0.750. The first kappa shape index (κ1) is 17.0. The summed E-state index contributed by atoms with van der Waals surface area (Å²) in [5.74, 6) is 0.264. The molecule has 5 heteroatoms. The van der Waals surface area contributed by atoms with Gasteiger partial charge in [0, 0.05) is 42.4 Å². The van der Waals surface area contributed by atoms with Crippen LogP contribution in [-0.2, 0) is 6.54 Å². The highest BCUT2D eigenvalue weighted by atomic mass is 16.1. The van der Waals surface area contributed by atoms with Gasteiger partial charge in [0.15, 0.2) is 0 Å². The molecule has 0 saturated heterocycles. The summed E-state index contributed by atoms with van der Waals surface area (Å²) in [5, 5.41) is 7.48. The molecular formula is C20H24N4O. The van der Waals surface area contributed by atoms with Gasteiger partial charge in [0.1, 0.15) is 0 Å². The maximum absolute atomic E-state index is 12.3. The summed E-state index contributed by atoms with van der Waals surface area (Å²) in [6, 6.07) is 13.6. The average molecular weight is 336 g/mol. The second-order valence-corrected chi connectivity index (χ2v) is 6.56. The summed E-state index contributed by atoms with van der Waals surface area (Å²) in [6.45, 7) is 7.58. The van der Waals surface area contributed by atoms with E-state index in [4.69, 9.17) is 0 Å². The van der Waals surface area contributed by atoms with Crippen molar-refractivity contribution in [3.05, 3.63) is 71.8 Å². The molecule has 2 aromatic heterocycles. The minimum Gasteiger partial charge on any atom is -0.352 e. The highest BCUT2D eigenvalue weighted by Gasteiger charge is 2.10. The summed E-state index contributed by atoms with van der Waals surface area (Å²) in [6.07, 6.45) is 3.96. The van der Waals surface area contributed by atoms with Crippen molar-refractivity contribution in [3.63, 3.8) is 0 Å². The van der Waals surface area contributed by atoms with Crippen LogP contribution in [0.5, 0.6) is 0 Å². The van der Waals surface area contributed by atoms with Crippen LogP contribution in [0.2, 0.25) is 0 Å². The lowest BCUT2D eigenvalue weighted by Crippen LogP contribution is -2.30. The molecule has 3 aromatic rings. The molecule has 2 heterocycles. The first-order valence-electron chi connectivity index (χ1n) is 8.55. The van der Waals surface area contributed by atoms with Crippen molar-refractivity contribution in [2.45, 2.75) is 27.3 Å². The maximum atomic E-state index is 12.3. The Bertz CT molecular complexity index is 831. The zero-order valence-corrected chi connectivity index (χ0v) is 14.9. The summed E-state index contributed by atoms with van der Waals surface area (Å²) in [4.78, 5) is 12.3. The van der Waals surface area contributed by atoms with E-state index >= 15 is 0 Å². The first-order valence-corrected chi connectivity index (χ1v) is 8.55. The SMILES string of the molecule is Cc1cc(C)n(CC(C)CNC(=O)c2ccc(-n3cccc3)cc2)n1. The minimum atomic E-state index is -0.0423. The van der Waals surface area contributed by atoms with Gasteiger partial charge in [-0.05, 0) is 62.2 Å². The highest BCUT2D eigenvalue weighted by Crippen LogP contribution is 2.10. The van der Waals surface area contributed by atoms with Gasteiger partial charge in [0.25, 0.3) is 5.91 Å². The number of nitrogens with one attached hydrogen (secondary N) is 1. The zero-order valence-electron chi connectivity index (χ0n) is 14.9. The molecule has 1 N–H and O–H groups in total. The molecule has 130 valence electrons. The molecule has 0 aliphatic carbocycles. The van der Waals surface area contributed by atoms with E-state index < -0.39 is 0 Å². The number of carbonyl (C=O) groups is 1. The van der Waals surface area contributed by atoms with Crippen molar-refractivity contribution in [3.8, 4) is 5.69 Å². The van der Waals surface area contributed by atoms with Crippen LogP contribution in [0.25, 0.3) is 5.69 Å². The van der Waals surface area contributed by atoms with Crippen molar-refractivity contribution in [1.29, 1.82) is 0 Å². The van der Waals surface area contributed by atoms with Gasteiger partial charge in [0.2, 0.25) is 0 Å². The predicted molar refractivity (Wildman–Crippen MR) is 99.0 cm³/mol. The molecule has 0 spiro atoms. The zero-order chi connectivity index (χ0) is 17.8. The van der Waals surface area contributed by atoms with Crippen LogP contribution in [0.4, 0.5) is 0 Å². The molecule has 0 saturated carbocycles. The number of aryl methyl sites for hydroxylation is 2. The van der Waals surface area contributed by atoms with Crippen LogP contribution in [-0.4, -0.2) is 26.8 Å². The molecule has 25 heavy (non-hydrogen) atoms. The molecule has 0 aliphatic heterocycles. The summed E-state index contributed by atoms with van der Waals surface area (Å²) >= 11 is 0. The fourth-order valence-corrected chi connectivity index (χ4v) is 2.88. The van der Waals surface area contributed by atoms with Crippen molar-refractivity contribution in [2.75, 3.05) is 6.54 Å². The van der Waals surface area contributed by atoms with Crippen molar-refractivity contribution in [2.24, 2.45) is 5.92 Å². The van der Waals surface area contributed by atoms with E-state index in [1.807, 2.05) is 65.0 Å². The smallest absolute Gasteiger partial charge is 0.251 e. The molecule has 3 rings (SSSR count). The number of carbonyl (C=O) groups excluding carboxylic acids is 1. The van der Waals surface area contributed by atoms with Crippen molar-refractivity contribution < 1.29 is 4.79 Å². The van der Waals surface area contributed by atoms with E-state index in [1.54, 1.807) is 0 Å². The third-order valence-corrected chi connectivity index (χ3v) is 4.23. The molecule has 1 amide bonds. The van der Waals surface area contributed by atoms with E-state index in [0.29, 0.717) is 18.0 Å². The topological polar surface area (TPSA) is 51.9 Å².